The molecule has 1 aromatic rings. The molecule has 0 amide bonds. The van der Waals surface area contributed by atoms with Gasteiger partial charge in [0.25, 0.3) is 0 Å². The van der Waals surface area contributed by atoms with Crippen molar-refractivity contribution in [3.63, 3.8) is 0 Å². The van der Waals surface area contributed by atoms with Gasteiger partial charge in [-0.25, -0.2) is 9.97 Å². The van der Waals surface area contributed by atoms with Crippen LogP contribution >= 0.6 is 11.8 Å². The molecule has 0 aliphatic heterocycles. The van der Waals surface area contributed by atoms with Gasteiger partial charge < -0.3 is 5.73 Å². The van der Waals surface area contributed by atoms with Gasteiger partial charge >= 0.3 is 0 Å². The van der Waals surface area contributed by atoms with Crippen LogP contribution in [0.1, 0.15) is 44.6 Å². The zero-order chi connectivity index (χ0) is 11.3. The first-order chi connectivity index (χ1) is 7.13. The predicted molar refractivity (Wildman–Crippen MR) is 67.0 cm³/mol. The maximum Gasteiger partial charge on any atom is 0.140 e. The number of thioether (sulfide) groups is 1. The van der Waals surface area contributed by atoms with Crippen molar-refractivity contribution in [1.82, 2.24) is 9.97 Å². The molecule has 0 unspecified atom stereocenters. The molecule has 1 rings (SSSR count). The summed E-state index contributed by atoms with van der Waals surface area (Å²) in [5, 5.41) is 0. The van der Waals surface area contributed by atoms with Gasteiger partial charge in [0.15, 0.2) is 0 Å². The van der Waals surface area contributed by atoms with E-state index in [0.29, 0.717) is 11.7 Å². The summed E-state index contributed by atoms with van der Waals surface area (Å²) in [6, 6.07) is 1.86. The number of nitrogens with zero attached hydrogens (tertiary/aromatic N) is 2. The lowest BCUT2D eigenvalue weighted by atomic mass is 10.1. The van der Waals surface area contributed by atoms with Gasteiger partial charge in [-0.15, -0.1) is 0 Å². The summed E-state index contributed by atoms with van der Waals surface area (Å²) in [5.41, 5.74) is 6.78. The lowest BCUT2D eigenvalue weighted by Gasteiger charge is -2.07. The predicted octanol–water partition coefficient (Wildman–Crippen LogP) is 2.83. The Morgan fingerprint density at radius 1 is 1.40 bits per heavy atom. The standard InChI is InChI=1S/C11H19N3S/c1-4-5-15-7-11-13-9(8(2)3)6-10(12)14-11/h6,8H,4-5,7H2,1-3H3,(H2,12,13,14). The van der Waals surface area contributed by atoms with Gasteiger partial charge in [0.2, 0.25) is 0 Å². The molecule has 0 aliphatic rings. The Morgan fingerprint density at radius 2 is 2.13 bits per heavy atom. The van der Waals surface area contributed by atoms with Crippen LogP contribution < -0.4 is 5.73 Å². The average molecular weight is 225 g/mol. The first kappa shape index (κ1) is 12.3. The van der Waals surface area contributed by atoms with Gasteiger partial charge in [-0.2, -0.15) is 11.8 Å². The highest BCUT2D eigenvalue weighted by Gasteiger charge is 2.05. The van der Waals surface area contributed by atoms with Crippen molar-refractivity contribution in [1.29, 1.82) is 0 Å². The Labute approximate surface area is 95.9 Å². The highest BCUT2D eigenvalue weighted by Crippen LogP contribution is 2.16. The van der Waals surface area contributed by atoms with Crippen LogP contribution in [0.25, 0.3) is 0 Å². The van der Waals surface area contributed by atoms with E-state index in [1.807, 2.05) is 17.8 Å². The van der Waals surface area contributed by atoms with E-state index in [1.54, 1.807) is 0 Å². The van der Waals surface area contributed by atoms with E-state index in [2.05, 4.69) is 30.7 Å². The molecule has 1 heterocycles. The molecule has 2 N–H and O–H groups in total. The van der Waals surface area contributed by atoms with E-state index in [9.17, 15) is 0 Å². The monoisotopic (exact) mass is 225 g/mol. The normalized spacial score (nSPS) is 10.9. The summed E-state index contributed by atoms with van der Waals surface area (Å²) in [5.74, 6) is 3.86. The number of hydrogen-bond donors (Lipinski definition) is 1. The summed E-state index contributed by atoms with van der Waals surface area (Å²) < 4.78 is 0. The summed E-state index contributed by atoms with van der Waals surface area (Å²) in [6.07, 6.45) is 1.18. The van der Waals surface area contributed by atoms with E-state index in [-0.39, 0.29) is 0 Å². The summed E-state index contributed by atoms with van der Waals surface area (Å²) in [7, 11) is 0. The first-order valence-corrected chi connectivity index (χ1v) is 6.50. The summed E-state index contributed by atoms with van der Waals surface area (Å²) in [6.45, 7) is 6.40. The molecule has 0 spiro atoms. The molecule has 0 fully saturated rings. The largest absolute Gasteiger partial charge is 0.384 e. The van der Waals surface area contributed by atoms with E-state index in [4.69, 9.17) is 5.73 Å². The van der Waals surface area contributed by atoms with Crippen molar-refractivity contribution in [2.75, 3.05) is 11.5 Å². The maximum absolute atomic E-state index is 5.74. The highest BCUT2D eigenvalue weighted by molar-refractivity contribution is 7.98. The van der Waals surface area contributed by atoms with Gasteiger partial charge in [-0.05, 0) is 18.1 Å². The van der Waals surface area contributed by atoms with Crippen LogP contribution in [-0.2, 0) is 5.75 Å². The van der Waals surface area contributed by atoms with Gasteiger partial charge in [-0.1, -0.05) is 20.8 Å². The third-order valence-electron chi connectivity index (χ3n) is 1.98. The molecule has 0 atom stereocenters. The molecule has 0 bridgehead atoms. The maximum atomic E-state index is 5.74. The molecule has 84 valence electrons. The molecule has 15 heavy (non-hydrogen) atoms. The van der Waals surface area contributed by atoms with Crippen LogP contribution in [0.15, 0.2) is 6.07 Å². The van der Waals surface area contributed by atoms with Crippen LogP contribution in [0.4, 0.5) is 5.82 Å². The van der Waals surface area contributed by atoms with Gasteiger partial charge in [-0.3, -0.25) is 0 Å². The van der Waals surface area contributed by atoms with E-state index >= 15 is 0 Å². The minimum atomic E-state index is 0.408. The molecule has 0 aliphatic carbocycles. The Hall–Kier alpha value is -0.770. The number of nitrogen functional groups attached to an aromatic ring is 1. The minimum Gasteiger partial charge on any atom is -0.384 e. The van der Waals surface area contributed by atoms with Crippen LogP contribution in [0.5, 0.6) is 0 Å². The van der Waals surface area contributed by atoms with E-state index in [1.165, 1.54) is 6.42 Å². The molecule has 0 radical (unpaired) electrons. The Kier molecular flexibility index (Phi) is 4.88. The summed E-state index contributed by atoms with van der Waals surface area (Å²) in [4.78, 5) is 8.73. The van der Waals surface area contributed by atoms with Crippen molar-refractivity contribution in [2.24, 2.45) is 0 Å². The van der Waals surface area contributed by atoms with E-state index < -0.39 is 0 Å². The van der Waals surface area contributed by atoms with Crippen molar-refractivity contribution >= 4 is 17.6 Å². The lowest BCUT2D eigenvalue weighted by Crippen LogP contribution is -2.03. The number of nitrogens with two attached hydrogens (primary N) is 1. The molecule has 4 heteroatoms. The Balaban J connectivity index is 2.71. The average Bonchev–Trinajstić information content (AvgIpc) is 2.17. The Morgan fingerprint density at radius 3 is 2.73 bits per heavy atom. The Bertz CT molecular complexity index is 313. The summed E-state index contributed by atoms with van der Waals surface area (Å²) >= 11 is 1.85. The second-order valence-electron chi connectivity index (χ2n) is 3.84. The second-order valence-corrected chi connectivity index (χ2v) is 4.95. The molecular weight excluding hydrogens is 206 g/mol. The molecule has 1 aromatic heterocycles. The lowest BCUT2D eigenvalue weighted by molar-refractivity contribution is 0.801. The van der Waals surface area contributed by atoms with Crippen molar-refractivity contribution in [3.05, 3.63) is 17.6 Å². The SMILES string of the molecule is CCCSCc1nc(N)cc(C(C)C)n1. The fourth-order valence-corrected chi connectivity index (χ4v) is 1.95. The molecule has 0 aromatic carbocycles. The third-order valence-corrected chi connectivity index (χ3v) is 3.14. The van der Waals surface area contributed by atoms with Gasteiger partial charge in [0, 0.05) is 11.8 Å². The number of anilines is 1. The number of rotatable bonds is 5. The van der Waals surface area contributed by atoms with Crippen molar-refractivity contribution in [3.8, 4) is 0 Å². The van der Waals surface area contributed by atoms with Gasteiger partial charge in [0.05, 0.1) is 5.75 Å². The molecule has 0 saturated heterocycles. The number of hydrogen-bond acceptors (Lipinski definition) is 4. The molecular formula is C11H19N3S. The second kappa shape index (κ2) is 5.95. The zero-order valence-electron chi connectivity index (χ0n) is 9.66. The third kappa shape index (κ3) is 4.08. The zero-order valence-corrected chi connectivity index (χ0v) is 10.5. The van der Waals surface area contributed by atoms with Crippen molar-refractivity contribution in [2.45, 2.75) is 38.9 Å². The smallest absolute Gasteiger partial charge is 0.140 e. The highest BCUT2D eigenvalue weighted by atomic mass is 32.2. The van der Waals surface area contributed by atoms with Crippen LogP contribution in [0.2, 0.25) is 0 Å². The molecule has 3 nitrogen and oxygen atoms in total. The quantitative estimate of drug-likeness (QED) is 0.783. The van der Waals surface area contributed by atoms with Crippen LogP contribution in [-0.4, -0.2) is 15.7 Å². The van der Waals surface area contributed by atoms with Crippen LogP contribution in [0, 0.1) is 0 Å². The van der Waals surface area contributed by atoms with Gasteiger partial charge in [0.1, 0.15) is 11.6 Å². The topological polar surface area (TPSA) is 51.8 Å². The minimum absolute atomic E-state index is 0.408. The molecule has 0 saturated carbocycles. The fourth-order valence-electron chi connectivity index (χ4n) is 1.21. The first-order valence-electron chi connectivity index (χ1n) is 5.34. The number of aromatic nitrogens is 2. The van der Waals surface area contributed by atoms with E-state index in [0.717, 1.165) is 23.0 Å². The fraction of sp³-hybridized carbons (Fsp3) is 0.636. The van der Waals surface area contributed by atoms with Crippen LogP contribution in [0.3, 0.4) is 0 Å². The van der Waals surface area contributed by atoms with Crippen molar-refractivity contribution < 1.29 is 0 Å².